The number of rotatable bonds is 5. The molecule has 0 aromatic rings. The van der Waals surface area contributed by atoms with Gasteiger partial charge >= 0.3 is 0 Å². The van der Waals surface area contributed by atoms with Crippen LogP contribution in [-0.4, -0.2) is 37.1 Å². The molecule has 98 valence electrons. The van der Waals surface area contributed by atoms with Crippen LogP contribution in [0.2, 0.25) is 0 Å². The van der Waals surface area contributed by atoms with Crippen molar-refractivity contribution in [1.29, 1.82) is 0 Å². The molecule has 2 heteroatoms. The van der Waals surface area contributed by atoms with Crippen LogP contribution in [0.4, 0.5) is 0 Å². The molecule has 1 heterocycles. The molecule has 3 aliphatic rings. The van der Waals surface area contributed by atoms with Gasteiger partial charge in [0.2, 0.25) is 0 Å². The van der Waals surface area contributed by atoms with E-state index in [0.29, 0.717) is 0 Å². The van der Waals surface area contributed by atoms with Gasteiger partial charge in [0.25, 0.3) is 0 Å². The molecule has 3 rings (SSSR count). The largest absolute Gasteiger partial charge is 0.313 e. The second-order valence-corrected chi connectivity index (χ2v) is 6.58. The number of fused-ring (bicyclic) bond motifs is 2. The molecule has 1 N–H and O–H groups in total. The molecule has 1 aliphatic heterocycles. The van der Waals surface area contributed by atoms with Crippen LogP contribution < -0.4 is 5.32 Å². The van der Waals surface area contributed by atoms with Crippen LogP contribution in [0.15, 0.2) is 0 Å². The summed E-state index contributed by atoms with van der Waals surface area (Å²) in [5.41, 5.74) is 0. The second kappa shape index (κ2) is 5.27. The van der Waals surface area contributed by atoms with E-state index in [4.69, 9.17) is 0 Å². The summed E-state index contributed by atoms with van der Waals surface area (Å²) in [6, 6.07) is 0.786. The van der Waals surface area contributed by atoms with E-state index in [0.717, 1.165) is 23.8 Å². The summed E-state index contributed by atoms with van der Waals surface area (Å²) < 4.78 is 0. The van der Waals surface area contributed by atoms with E-state index < -0.39 is 0 Å². The number of likely N-dealkylation sites (N-methyl/N-ethyl adjacent to an activating group) is 1. The maximum absolute atomic E-state index is 3.64. The number of hydrogen-bond donors (Lipinski definition) is 1. The Morgan fingerprint density at radius 1 is 1.12 bits per heavy atom. The van der Waals surface area contributed by atoms with Crippen LogP contribution in [0.5, 0.6) is 0 Å². The van der Waals surface area contributed by atoms with Crippen LogP contribution >= 0.6 is 0 Å². The van der Waals surface area contributed by atoms with E-state index >= 15 is 0 Å². The van der Waals surface area contributed by atoms with Crippen LogP contribution in [0.3, 0.4) is 0 Å². The van der Waals surface area contributed by atoms with Gasteiger partial charge < -0.3 is 10.2 Å². The average molecular weight is 236 g/mol. The molecular weight excluding hydrogens is 208 g/mol. The summed E-state index contributed by atoms with van der Waals surface area (Å²) in [5.74, 6) is 3.23. The second-order valence-electron chi connectivity index (χ2n) is 6.58. The Balaban J connectivity index is 1.48. The van der Waals surface area contributed by atoms with Crippen LogP contribution in [0.25, 0.3) is 0 Å². The minimum absolute atomic E-state index is 0.786. The first-order valence-corrected chi connectivity index (χ1v) is 7.81. The predicted octanol–water partition coefficient (Wildman–Crippen LogP) is 2.50. The zero-order valence-electron chi connectivity index (χ0n) is 11.3. The van der Waals surface area contributed by atoms with E-state index in [9.17, 15) is 0 Å². The molecule has 4 atom stereocenters. The Morgan fingerprint density at radius 2 is 2.06 bits per heavy atom. The Morgan fingerprint density at radius 3 is 2.65 bits per heavy atom. The third-order valence-electron chi connectivity index (χ3n) is 5.47. The standard InChI is InChI=1S/C15H28N2/c1-2-17(11-15-4-3-7-16-15)10-14-9-12-5-6-13(14)8-12/h12-16H,2-11H2,1H3. The SMILES string of the molecule is CCN(CC1CCCN1)CC1CC2CCC1C2. The fourth-order valence-electron chi connectivity index (χ4n) is 4.49. The van der Waals surface area contributed by atoms with E-state index in [1.54, 1.807) is 12.8 Å². The van der Waals surface area contributed by atoms with E-state index in [-0.39, 0.29) is 0 Å². The van der Waals surface area contributed by atoms with Gasteiger partial charge in [-0.1, -0.05) is 13.3 Å². The van der Waals surface area contributed by atoms with Gasteiger partial charge in [0.1, 0.15) is 0 Å². The van der Waals surface area contributed by atoms with Crippen molar-refractivity contribution in [2.75, 3.05) is 26.2 Å². The zero-order valence-corrected chi connectivity index (χ0v) is 11.3. The van der Waals surface area contributed by atoms with Gasteiger partial charge in [0, 0.05) is 19.1 Å². The van der Waals surface area contributed by atoms with Crippen LogP contribution in [0.1, 0.15) is 45.4 Å². The highest BCUT2D eigenvalue weighted by molar-refractivity contribution is 4.91. The van der Waals surface area contributed by atoms with E-state index in [1.165, 1.54) is 51.9 Å². The summed E-state index contributed by atoms with van der Waals surface area (Å²) in [6.07, 6.45) is 8.96. The Labute approximate surface area is 106 Å². The molecule has 2 bridgehead atoms. The van der Waals surface area contributed by atoms with Crippen molar-refractivity contribution in [3.8, 4) is 0 Å². The summed E-state index contributed by atoms with van der Waals surface area (Å²) in [5, 5.41) is 3.64. The van der Waals surface area contributed by atoms with Crippen molar-refractivity contribution in [3.63, 3.8) is 0 Å². The fraction of sp³-hybridized carbons (Fsp3) is 1.00. The molecule has 2 saturated carbocycles. The maximum Gasteiger partial charge on any atom is 0.0195 e. The Hall–Kier alpha value is -0.0800. The first kappa shape index (κ1) is 12.0. The van der Waals surface area contributed by atoms with Crippen molar-refractivity contribution >= 4 is 0 Å². The normalized spacial score (nSPS) is 40.6. The lowest BCUT2D eigenvalue weighted by molar-refractivity contribution is 0.185. The minimum Gasteiger partial charge on any atom is -0.313 e. The summed E-state index contributed by atoms with van der Waals surface area (Å²) >= 11 is 0. The Bertz CT molecular complexity index is 247. The van der Waals surface area contributed by atoms with Crippen molar-refractivity contribution in [2.24, 2.45) is 17.8 Å². The van der Waals surface area contributed by atoms with Crippen molar-refractivity contribution in [1.82, 2.24) is 10.2 Å². The Kier molecular flexibility index (Phi) is 3.72. The molecule has 0 aromatic carbocycles. The van der Waals surface area contributed by atoms with Gasteiger partial charge in [0.05, 0.1) is 0 Å². The van der Waals surface area contributed by atoms with Gasteiger partial charge in [-0.3, -0.25) is 0 Å². The first-order valence-electron chi connectivity index (χ1n) is 7.81. The third-order valence-corrected chi connectivity index (χ3v) is 5.47. The maximum atomic E-state index is 3.64. The van der Waals surface area contributed by atoms with Gasteiger partial charge in [-0.05, 0) is 62.9 Å². The topological polar surface area (TPSA) is 15.3 Å². The summed E-state index contributed by atoms with van der Waals surface area (Å²) in [6.45, 7) is 7.50. The van der Waals surface area contributed by atoms with Crippen LogP contribution in [0, 0.1) is 17.8 Å². The summed E-state index contributed by atoms with van der Waals surface area (Å²) in [4.78, 5) is 2.72. The van der Waals surface area contributed by atoms with Crippen LogP contribution in [-0.2, 0) is 0 Å². The highest BCUT2D eigenvalue weighted by Crippen LogP contribution is 2.48. The van der Waals surface area contributed by atoms with Crippen molar-refractivity contribution < 1.29 is 0 Å². The molecule has 0 spiro atoms. The molecule has 2 nitrogen and oxygen atoms in total. The smallest absolute Gasteiger partial charge is 0.0195 e. The van der Waals surface area contributed by atoms with Gasteiger partial charge in [0.15, 0.2) is 0 Å². The van der Waals surface area contributed by atoms with E-state index in [1.807, 2.05) is 0 Å². The molecule has 1 saturated heterocycles. The number of hydrogen-bond acceptors (Lipinski definition) is 2. The highest BCUT2D eigenvalue weighted by Gasteiger charge is 2.39. The predicted molar refractivity (Wildman–Crippen MR) is 72.1 cm³/mol. The molecular formula is C15H28N2. The molecule has 3 fully saturated rings. The lowest BCUT2D eigenvalue weighted by Crippen LogP contribution is -2.40. The quantitative estimate of drug-likeness (QED) is 0.789. The zero-order chi connectivity index (χ0) is 11.7. The lowest BCUT2D eigenvalue weighted by atomic mass is 9.88. The molecule has 4 unspecified atom stereocenters. The molecule has 0 aromatic heterocycles. The van der Waals surface area contributed by atoms with Gasteiger partial charge in [-0.25, -0.2) is 0 Å². The third kappa shape index (κ3) is 2.68. The number of nitrogens with one attached hydrogen (secondary N) is 1. The molecule has 0 radical (unpaired) electrons. The summed E-state index contributed by atoms with van der Waals surface area (Å²) in [7, 11) is 0. The average Bonchev–Trinajstić information content (AvgIpc) is 3.04. The molecule has 2 aliphatic carbocycles. The molecule has 17 heavy (non-hydrogen) atoms. The lowest BCUT2D eigenvalue weighted by Gasteiger charge is -2.30. The first-order chi connectivity index (χ1) is 8.35. The van der Waals surface area contributed by atoms with Crippen molar-refractivity contribution in [3.05, 3.63) is 0 Å². The molecule has 0 amide bonds. The van der Waals surface area contributed by atoms with E-state index in [2.05, 4.69) is 17.1 Å². The minimum atomic E-state index is 0.786. The highest BCUT2D eigenvalue weighted by atomic mass is 15.2. The van der Waals surface area contributed by atoms with Gasteiger partial charge in [-0.2, -0.15) is 0 Å². The fourth-order valence-corrected chi connectivity index (χ4v) is 4.49. The van der Waals surface area contributed by atoms with Gasteiger partial charge in [-0.15, -0.1) is 0 Å². The monoisotopic (exact) mass is 236 g/mol. The number of nitrogens with zero attached hydrogens (tertiary/aromatic N) is 1. The van der Waals surface area contributed by atoms with Crippen molar-refractivity contribution in [2.45, 2.75) is 51.5 Å².